The first kappa shape index (κ1) is 9.31. The summed E-state index contributed by atoms with van der Waals surface area (Å²) >= 11 is 0. The van der Waals surface area contributed by atoms with Crippen LogP contribution in [0, 0.1) is 5.82 Å². The van der Waals surface area contributed by atoms with Crippen LogP contribution in [0.3, 0.4) is 0 Å². The number of oxime groups is 1. The highest BCUT2D eigenvalue weighted by Gasteiger charge is 1.99. The Balaban J connectivity index is 2.60. The van der Waals surface area contributed by atoms with Gasteiger partial charge in [-0.2, -0.15) is 0 Å². The minimum absolute atomic E-state index is 0.00301. The molecule has 0 aromatic heterocycles. The molecule has 4 nitrogen and oxygen atoms in total. The molecule has 0 bridgehead atoms. The maximum atomic E-state index is 12.9. The van der Waals surface area contributed by atoms with Gasteiger partial charge in [-0.1, -0.05) is 17.3 Å². The van der Waals surface area contributed by atoms with Crippen LogP contribution in [0.4, 0.5) is 10.1 Å². The van der Waals surface area contributed by atoms with E-state index in [1.54, 1.807) is 18.2 Å². The first-order valence-electron chi connectivity index (χ1n) is 3.69. The third-order valence-electron chi connectivity index (χ3n) is 1.46. The molecular weight excluding hydrogens is 173 g/mol. The Morgan fingerprint density at radius 3 is 2.85 bits per heavy atom. The summed E-state index contributed by atoms with van der Waals surface area (Å²) in [6.07, 6.45) is 0. The van der Waals surface area contributed by atoms with Crippen molar-refractivity contribution < 1.29 is 9.60 Å². The van der Waals surface area contributed by atoms with Crippen LogP contribution >= 0.6 is 0 Å². The van der Waals surface area contributed by atoms with E-state index in [0.717, 1.165) is 0 Å². The summed E-state index contributed by atoms with van der Waals surface area (Å²) in [5, 5.41) is 13.6. The van der Waals surface area contributed by atoms with Crippen LogP contribution in [0.5, 0.6) is 0 Å². The number of nitrogens with zero attached hydrogens (tertiary/aromatic N) is 1. The highest BCUT2D eigenvalue weighted by molar-refractivity contribution is 5.84. The summed E-state index contributed by atoms with van der Waals surface area (Å²) < 4.78 is 12.9. The van der Waals surface area contributed by atoms with Gasteiger partial charge in [-0.05, 0) is 12.1 Å². The largest absolute Gasteiger partial charge is 0.409 e. The second-order valence-electron chi connectivity index (χ2n) is 2.42. The van der Waals surface area contributed by atoms with Crippen LogP contribution in [0.1, 0.15) is 0 Å². The number of amidine groups is 1. The zero-order valence-electron chi connectivity index (χ0n) is 6.87. The Bertz CT molecular complexity index is 314. The standard InChI is InChI=1S/C8H10FN3O/c9-6-3-1-2-4-7(6)11-5-8(10)12-13/h1-4,11,13H,5H2,(H2,10,12). The van der Waals surface area contributed by atoms with Gasteiger partial charge in [0.25, 0.3) is 0 Å². The second kappa shape index (κ2) is 4.30. The Hall–Kier alpha value is -1.78. The Kier molecular flexibility index (Phi) is 3.08. The fourth-order valence-corrected chi connectivity index (χ4v) is 0.826. The van der Waals surface area contributed by atoms with Crippen LogP contribution in [-0.2, 0) is 0 Å². The summed E-state index contributed by atoms with van der Waals surface area (Å²) in [4.78, 5) is 0. The zero-order valence-corrected chi connectivity index (χ0v) is 6.87. The van der Waals surface area contributed by atoms with Gasteiger partial charge >= 0.3 is 0 Å². The van der Waals surface area contributed by atoms with Gasteiger partial charge in [0.05, 0.1) is 12.2 Å². The molecule has 0 aliphatic carbocycles. The molecular formula is C8H10FN3O. The third-order valence-corrected chi connectivity index (χ3v) is 1.46. The number of anilines is 1. The van der Waals surface area contributed by atoms with Crippen molar-refractivity contribution in [1.29, 1.82) is 0 Å². The predicted octanol–water partition coefficient (Wildman–Crippen LogP) is 0.984. The van der Waals surface area contributed by atoms with Crippen LogP contribution in [0.2, 0.25) is 0 Å². The third kappa shape index (κ3) is 2.62. The molecule has 0 atom stereocenters. The van der Waals surface area contributed by atoms with Crippen molar-refractivity contribution >= 4 is 11.5 Å². The molecule has 0 amide bonds. The van der Waals surface area contributed by atoms with E-state index in [2.05, 4.69) is 10.5 Å². The molecule has 5 heteroatoms. The smallest absolute Gasteiger partial charge is 0.158 e. The molecule has 0 saturated heterocycles. The number of nitrogens with two attached hydrogens (primary N) is 1. The lowest BCUT2D eigenvalue weighted by Crippen LogP contribution is -2.22. The van der Waals surface area contributed by atoms with Gasteiger partial charge in [0.1, 0.15) is 5.82 Å². The highest BCUT2D eigenvalue weighted by Crippen LogP contribution is 2.11. The quantitative estimate of drug-likeness (QED) is 0.283. The van der Waals surface area contributed by atoms with Crippen LogP contribution in [0.25, 0.3) is 0 Å². The van der Waals surface area contributed by atoms with Crippen molar-refractivity contribution in [2.75, 3.05) is 11.9 Å². The average molecular weight is 183 g/mol. The van der Waals surface area contributed by atoms with Gasteiger partial charge in [-0.15, -0.1) is 0 Å². The summed E-state index contributed by atoms with van der Waals surface area (Å²) in [6.45, 7) is 0.109. The van der Waals surface area contributed by atoms with Gasteiger partial charge in [0.2, 0.25) is 0 Å². The normalized spacial score (nSPS) is 11.3. The lowest BCUT2D eigenvalue weighted by atomic mass is 10.3. The highest BCUT2D eigenvalue weighted by atomic mass is 19.1. The Morgan fingerprint density at radius 1 is 1.54 bits per heavy atom. The van der Waals surface area contributed by atoms with Gasteiger partial charge in [-0.25, -0.2) is 4.39 Å². The van der Waals surface area contributed by atoms with Crippen molar-refractivity contribution in [2.45, 2.75) is 0 Å². The number of nitrogens with one attached hydrogen (secondary N) is 1. The van der Waals surface area contributed by atoms with Crippen molar-refractivity contribution in [3.05, 3.63) is 30.1 Å². The van der Waals surface area contributed by atoms with Crippen LogP contribution in [-0.4, -0.2) is 17.6 Å². The lowest BCUT2D eigenvalue weighted by Gasteiger charge is -2.05. The molecule has 0 fully saturated rings. The van der Waals surface area contributed by atoms with Crippen LogP contribution in [0.15, 0.2) is 29.4 Å². The fraction of sp³-hybridized carbons (Fsp3) is 0.125. The molecule has 1 aromatic rings. The van der Waals surface area contributed by atoms with Gasteiger partial charge in [-0.3, -0.25) is 0 Å². The monoisotopic (exact) mass is 183 g/mol. The maximum Gasteiger partial charge on any atom is 0.158 e. The van der Waals surface area contributed by atoms with Crippen molar-refractivity contribution in [3.63, 3.8) is 0 Å². The van der Waals surface area contributed by atoms with Crippen molar-refractivity contribution in [3.8, 4) is 0 Å². The summed E-state index contributed by atoms with van der Waals surface area (Å²) in [5.74, 6) is -0.364. The number of hydrogen-bond donors (Lipinski definition) is 3. The number of benzene rings is 1. The lowest BCUT2D eigenvalue weighted by molar-refractivity contribution is 0.317. The van der Waals surface area contributed by atoms with Crippen LogP contribution < -0.4 is 11.1 Å². The molecule has 0 heterocycles. The minimum atomic E-state index is -0.367. The van der Waals surface area contributed by atoms with E-state index in [1.807, 2.05) is 0 Å². The molecule has 0 saturated carbocycles. The zero-order chi connectivity index (χ0) is 9.68. The molecule has 1 aromatic carbocycles. The molecule has 4 N–H and O–H groups in total. The van der Waals surface area contributed by atoms with E-state index in [0.29, 0.717) is 5.69 Å². The molecule has 13 heavy (non-hydrogen) atoms. The second-order valence-corrected chi connectivity index (χ2v) is 2.42. The molecule has 0 radical (unpaired) electrons. The van der Waals surface area contributed by atoms with E-state index in [9.17, 15) is 4.39 Å². The van der Waals surface area contributed by atoms with E-state index in [1.165, 1.54) is 6.07 Å². The van der Waals surface area contributed by atoms with E-state index < -0.39 is 0 Å². The Morgan fingerprint density at radius 2 is 2.23 bits per heavy atom. The summed E-state index contributed by atoms with van der Waals surface area (Å²) in [7, 11) is 0. The van der Waals surface area contributed by atoms with Gasteiger partial charge in [0, 0.05) is 0 Å². The Labute approximate surface area is 74.9 Å². The predicted molar refractivity (Wildman–Crippen MR) is 48.3 cm³/mol. The number of para-hydroxylation sites is 1. The van der Waals surface area contributed by atoms with Gasteiger partial charge in [0.15, 0.2) is 5.84 Å². The van der Waals surface area contributed by atoms with E-state index >= 15 is 0 Å². The fourth-order valence-electron chi connectivity index (χ4n) is 0.826. The molecule has 70 valence electrons. The van der Waals surface area contributed by atoms with Crippen molar-refractivity contribution in [2.24, 2.45) is 10.9 Å². The number of rotatable bonds is 3. The first-order chi connectivity index (χ1) is 6.24. The van der Waals surface area contributed by atoms with E-state index in [-0.39, 0.29) is 18.2 Å². The topological polar surface area (TPSA) is 70.6 Å². The molecule has 1 rings (SSSR count). The number of hydrogen-bond acceptors (Lipinski definition) is 3. The van der Waals surface area contributed by atoms with E-state index in [4.69, 9.17) is 10.9 Å². The van der Waals surface area contributed by atoms with Gasteiger partial charge < -0.3 is 16.3 Å². The summed E-state index contributed by atoms with van der Waals surface area (Å²) in [6, 6.07) is 6.18. The summed E-state index contributed by atoms with van der Waals surface area (Å²) in [5.41, 5.74) is 5.51. The molecule has 0 spiro atoms. The maximum absolute atomic E-state index is 12.9. The molecule has 0 aliphatic rings. The van der Waals surface area contributed by atoms with Crippen molar-refractivity contribution in [1.82, 2.24) is 0 Å². The number of halogens is 1. The first-order valence-corrected chi connectivity index (χ1v) is 3.69. The minimum Gasteiger partial charge on any atom is -0.409 e. The molecule has 0 aliphatic heterocycles. The molecule has 0 unspecified atom stereocenters. The SMILES string of the molecule is NC(CNc1ccccc1F)=NO. The average Bonchev–Trinajstić information content (AvgIpc) is 2.16.